The fourth-order valence-electron chi connectivity index (χ4n) is 5.27. The number of benzene rings is 1. The van der Waals surface area contributed by atoms with Gasteiger partial charge in [0.2, 0.25) is 0 Å². The number of likely N-dealkylation sites (tertiary alicyclic amines) is 1. The van der Waals surface area contributed by atoms with Crippen molar-refractivity contribution in [2.24, 2.45) is 0 Å². The Morgan fingerprint density at radius 3 is 2.87 bits per heavy atom. The number of aliphatic hydroxyl groups is 1. The lowest BCUT2D eigenvalue weighted by Crippen LogP contribution is -2.72. The number of Topliss-reactive ketones (excluding diaryl/α,β-unsaturated/α-hetero) is 1. The number of fused-ring (bicyclic) bond motifs is 1. The zero-order chi connectivity index (χ0) is 16.4. The summed E-state index contributed by atoms with van der Waals surface area (Å²) in [7, 11) is 3.56. The number of phenolic OH excluding ortho intramolecular Hbond substituents is 1. The van der Waals surface area contributed by atoms with E-state index in [0.29, 0.717) is 37.9 Å². The van der Waals surface area contributed by atoms with Crippen molar-refractivity contribution in [3.8, 4) is 11.5 Å². The minimum atomic E-state index is -0.968. The summed E-state index contributed by atoms with van der Waals surface area (Å²) in [4.78, 5) is 14.5. The van der Waals surface area contributed by atoms with Crippen molar-refractivity contribution < 1.29 is 19.7 Å². The van der Waals surface area contributed by atoms with Crippen LogP contribution in [0.25, 0.3) is 0 Å². The maximum absolute atomic E-state index is 12.3. The fraction of sp³-hybridized carbons (Fsp3) is 0.611. The summed E-state index contributed by atoms with van der Waals surface area (Å²) in [6.07, 6.45) is 2.56. The molecule has 4 rings (SSSR count). The highest BCUT2D eigenvalue weighted by molar-refractivity contribution is 5.83. The van der Waals surface area contributed by atoms with Crippen molar-refractivity contribution in [2.75, 3.05) is 20.7 Å². The SMILES string of the molecule is COc1ccc2c(c1O)C13CCN(C)C(C2)[C@]1(O)CCC(=O)C3. The number of carbonyl (C=O) groups is 1. The first-order chi connectivity index (χ1) is 10.9. The zero-order valence-corrected chi connectivity index (χ0v) is 13.6. The van der Waals surface area contributed by atoms with E-state index < -0.39 is 11.0 Å². The van der Waals surface area contributed by atoms with Crippen LogP contribution in [0.2, 0.25) is 0 Å². The molecule has 5 heteroatoms. The second-order valence-corrected chi connectivity index (χ2v) is 7.32. The summed E-state index contributed by atoms with van der Waals surface area (Å²) in [6.45, 7) is 0.816. The van der Waals surface area contributed by atoms with Gasteiger partial charge in [-0.15, -0.1) is 0 Å². The second kappa shape index (κ2) is 4.71. The maximum Gasteiger partial charge on any atom is 0.161 e. The average Bonchev–Trinajstić information content (AvgIpc) is 2.52. The molecule has 1 saturated heterocycles. The van der Waals surface area contributed by atoms with E-state index in [4.69, 9.17) is 4.74 Å². The van der Waals surface area contributed by atoms with E-state index in [1.54, 1.807) is 6.07 Å². The summed E-state index contributed by atoms with van der Waals surface area (Å²) >= 11 is 0. The Labute approximate surface area is 135 Å². The van der Waals surface area contributed by atoms with Crippen molar-refractivity contribution in [3.05, 3.63) is 23.3 Å². The van der Waals surface area contributed by atoms with Crippen LogP contribution in [0.3, 0.4) is 0 Å². The first-order valence-corrected chi connectivity index (χ1v) is 8.26. The van der Waals surface area contributed by atoms with Crippen LogP contribution in [0.15, 0.2) is 12.1 Å². The van der Waals surface area contributed by atoms with E-state index in [0.717, 1.165) is 17.7 Å². The van der Waals surface area contributed by atoms with Crippen LogP contribution in [0.1, 0.15) is 36.8 Å². The molecule has 2 aliphatic carbocycles. The highest BCUT2D eigenvalue weighted by Gasteiger charge is 2.65. The topological polar surface area (TPSA) is 70.0 Å². The number of hydrogen-bond acceptors (Lipinski definition) is 5. The normalized spacial score (nSPS) is 36.3. The summed E-state index contributed by atoms with van der Waals surface area (Å²) in [5.41, 5.74) is 0.118. The average molecular weight is 317 g/mol. The van der Waals surface area contributed by atoms with Gasteiger partial charge in [-0.3, -0.25) is 4.79 Å². The lowest BCUT2D eigenvalue weighted by molar-refractivity contribution is -0.169. The van der Waals surface area contributed by atoms with Gasteiger partial charge in [0.25, 0.3) is 0 Å². The molecule has 2 bridgehead atoms. The molecule has 1 saturated carbocycles. The molecule has 124 valence electrons. The van der Waals surface area contributed by atoms with Crippen LogP contribution >= 0.6 is 0 Å². The number of methoxy groups -OCH3 is 1. The van der Waals surface area contributed by atoms with Gasteiger partial charge >= 0.3 is 0 Å². The minimum absolute atomic E-state index is 0.00959. The van der Waals surface area contributed by atoms with Crippen LogP contribution < -0.4 is 4.74 Å². The number of likely N-dealkylation sites (N-methyl/N-ethyl adjacent to an activating group) is 1. The Kier molecular flexibility index (Phi) is 3.06. The minimum Gasteiger partial charge on any atom is -0.504 e. The molecular weight excluding hydrogens is 294 g/mol. The van der Waals surface area contributed by atoms with Crippen molar-refractivity contribution >= 4 is 5.78 Å². The number of nitrogens with zero attached hydrogens (tertiary/aromatic N) is 1. The molecule has 0 spiro atoms. The molecule has 2 unspecified atom stereocenters. The number of rotatable bonds is 1. The Morgan fingerprint density at radius 2 is 2.13 bits per heavy atom. The number of phenols is 1. The van der Waals surface area contributed by atoms with Gasteiger partial charge in [0.1, 0.15) is 5.78 Å². The lowest BCUT2D eigenvalue weighted by atomic mass is 9.49. The van der Waals surface area contributed by atoms with Gasteiger partial charge in [0.15, 0.2) is 11.5 Å². The number of carbonyl (C=O) groups excluding carboxylic acids is 1. The molecule has 1 aromatic rings. The van der Waals surface area contributed by atoms with E-state index in [2.05, 4.69) is 4.90 Å². The predicted octanol–water partition coefficient (Wildman–Crippen LogP) is 1.38. The molecule has 3 atom stereocenters. The Hall–Kier alpha value is -1.59. The molecule has 0 amide bonds. The number of hydrogen-bond donors (Lipinski definition) is 2. The molecule has 3 aliphatic rings. The van der Waals surface area contributed by atoms with Gasteiger partial charge in [0.05, 0.1) is 12.7 Å². The van der Waals surface area contributed by atoms with Gasteiger partial charge < -0.3 is 19.8 Å². The highest BCUT2D eigenvalue weighted by atomic mass is 16.5. The molecule has 2 N–H and O–H groups in total. The molecule has 1 aromatic carbocycles. The maximum atomic E-state index is 12.3. The number of ether oxygens (including phenoxy) is 1. The molecule has 0 radical (unpaired) electrons. The van der Waals surface area contributed by atoms with Gasteiger partial charge in [-0.1, -0.05) is 6.07 Å². The first-order valence-electron chi connectivity index (χ1n) is 8.26. The summed E-state index contributed by atoms with van der Waals surface area (Å²) in [5.74, 6) is 0.685. The fourth-order valence-corrected chi connectivity index (χ4v) is 5.27. The molecule has 1 aliphatic heterocycles. The van der Waals surface area contributed by atoms with E-state index >= 15 is 0 Å². The first kappa shape index (κ1) is 15.0. The van der Waals surface area contributed by atoms with E-state index in [-0.39, 0.29) is 17.6 Å². The Balaban J connectivity index is 2.01. The van der Waals surface area contributed by atoms with Crippen LogP contribution in [0, 0.1) is 0 Å². The highest BCUT2D eigenvalue weighted by Crippen LogP contribution is 2.60. The van der Waals surface area contributed by atoms with Crippen LogP contribution in [-0.4, -0.2) is 53.2 Å². The number of ketones is 1. The standard InChI is InChI=1S/C18H23NO4/c1-19-8-7-17-10-12(20)5-6-18(17,22)14(19)9-11-3-4-13(23-2)16(21)15(11)17/h3-4,14,21-22H,5-10H2,1-2H3/t14?,17?,18-/m1/s1. The van der Waals surface area contributed by atoms with Crippen LogP contribution in [0.4, 0.5) is 0 Å². The largest absolute Gasteiger partial charge is 0.504 e. The lowest BCUT2D eigenvalue weighted by Gasteiger charge is -2.62. The summed E-state index contributed by atoms with van der Waals surface area (Å²) in [6, 6.07) is 3.74. The van der Waals surface area contributed by atoms with E-state index in [9.17, 15) is 15.0 Å². The predicted molar refractivity (Wildman–Crippen MR) is 84.9 cm³/mol. The van der Waals surface area contributed by atoms with Crippen molar-refractivity contribution in [3.63, 3.8) is 0 Å². The summed E-state index contributed by atoms with van der Waals surface area (Å²) < 4.78 is 5.28. The third-order valence-corrected chi connectivity index (χ3v) is 6.43. The van der Waals surface area contributed by atoms with Gasteiger partial charge in [0, 0.05) is 29.9 Å². The summed E-state index contributed by atoms with van der Waals surface area (Å²) in [5, 5.41) is 22.4. The van der Waals surface area contributed by atoms with Gasteiger partial charge in [-0.2, -0.15) is 0 Å². The van der Waals surface area contributed by atoms with Crippen LogP contribution in [-0.2, 0) is 16.6 Å². The van der Waals surface area contributed by atoms with E-state index in [1.807, 2.05) is 13.1 Å². The van der Waals surface area contributed by atoms with Crippen molar-refractivity contribution in [2.45, 2.75) is 49.2 Å². The van der Waals surface area contributed by atoms with Gasteiger partial charge in [-0.25, -0.2) is 0 Å². The molecule has 1 heterocycles. The molecule has 23 heavy (non-hydrogen) atoms. The second-order valence-electron chi connectivity index (χ2n) is 7.32. The number of piperidine rings is 1. The Bertz CT molecular complexity index is 688. The number of aromatic hydroxyl groups is 1. The zero-order valence-electron chi connectivity index (χ0n) is 13.6. The third-order valence-electron chi connectivity index (χ3n) is 6.43. The van der Waals surface area contributed by atoms with E-state index in [1.165, 1.54) is 7.11 Å². The molecule has 5 nitrogen and oxygen atoms in total. The third kappa shape index (κ3) is 1.72. The van der Waals surface area contributed by atoms with Crippen molar-refractivity contribution in [1.82, 2.24) is 4.90 Å². The smallest absolute Gasteiger partial charge is 0.161 e. The molecular formula is C18H23NO4. The van der Waals surface area contributed by atoms with Gasteiger partial charge in [-0.05, 0) is 44.5 Å². The Morgan fingerprint density at radius 1 is 1.35 bits per heavy atom. The monoisotopic (exact) mass is 317 g/mol. The molecule has 0 aromatic heterocycles. The quantitative estimate of drug-likeness (QED) is 0.819. The van der Waals surface area contributed by atoms with Crippen LogP contribution in [0.5, 0.6) is 11.5 Å². The molecule has 2 fully saturated rings. The van der Waals surface area contributed by atoms with Crippen molar-refractivity contribution in [1.29, 1.82) is 0 Å².